The largest absolute Gasteiger partial charge is 0.384 e. The van der Waals surface area contributed by atoms with Gasteiger partial charge in [-0.05, 0) is 53.9 Å². The van der Waals surface area contributed by atoms with Crippen molar-refractivity contribution in [2.75, 3.05) is 0 Å². The average molecular weight is 513 g/mol. The van der Waals surface area contributed by atoms with Crippen molar-refractivity contribution >= 4 is 59.6 Å². The van der Waals surface area contributed by atoms with Crippen LogP contribution in [0, 0.1) is 0 Å². The molecule has 2 unspecified atom stereocenters. The van der Waals surface area contributed by atoms with Gasteiger partial charge in [-0.2, -0.15) is 0 Å². The van der Waals surface area contributed by atoms with Gasteiger partial charge in [0.1, 0.15) is 6.23 Å². The average Bonchev–Trinajstić information content (AvgIpc) is 2.49. The lowest BCUT2D eigenvalue weighted by Crippen LogP contribution is -2.34. The fourth-order valence-electron chi connectivity index (χ4n) is 1.78. The Bertz CT molecular complexity index is 691. The summed E-state index contributed by atoms with van der Waals surface area (Å²) in [5, 5.41) is 21.8. The fraction of sp³-hybridized carbons (Fsp3) is 0.143. The Morgan fingerprint density at radius 1 is 1.04 bits per heavy atom. The van der Waals surface area contributed by atoms with Gasteiger partial charge in [0.25, 0.3) is 5.91 Å². The molecule has 0 heterocycles. The van der Waals surface area contributed by atoms with Gasteiger partial charge < -0.3 is 21.3 Å². The minimum atomic E-state index is -1.27. The van der Waals surface area contributed by atoms with Gasteiger partial charge in [0.05, 0.1) is 17.2 Å². The van der Waals surface area contributed by atoms with Crippen molar-refractivity contribution < 1.29 is 19.8 Å². The molecule has 2 amide bonds. The quantitative estimate of drug-likeness (QED) is 0.266. The highest BCUT2D eigenvalue weighted by molar-refractivity contribution is 9.13. The highest BCUT2D eigenvalue weighted by Crippen LogP contribution is 2.41. The van der Waals surface area contributed by atoms with E-state index in [-0.39, 0.29) is 30.1 Å². The second-order valence-corrected chi connectivity index (χ2v) is 6.68. The molecule has 23 heavy (non-hydrogen) atoms. The number of rotatable bonds is 6. The lowest BCUT2D eigenvalue weighted by Gasteiger charge is -2.20. The summed E-state index contributed by atoms with van der Waals surface area (Å²) in [4.78, 5) is 24.1. The van der Waals surface area contributed by atoms with Gasteiger partial charge in [-0.15, -0.1) is 6.58 Å². The number of aliphatic hydroxyl groups excluding tert-OH is 2. The summed E-state index contributed by atoms with van der Waals surface area (Å²) in [5.41, 5.74) is 5.48. The summed E-state index contributed by atoms with van der Waals surface area (Å²) in [6.45, 7) is 6.82. The molecule has 6 nitrogen and oxygen atoms in total. The number of carbonyl (C=O) groups is 2. The minimum absolute atomic E-state index is 0.0200. The number of nitrogens with two attached hydrogens (primary N) is 1. The predicted molar refractivity (Wildman–Crippen MR) is 96.9 cm³/mol. The Morgan fingerprint density at radius 2 is 1.61 bits per heavy atom. The predicted octanol–water partition coefficient (Wildman–Crippen LogP) is 2.53. The lowest BCUT2D eigenvalue weighted by atomic mass is 9.98. The van der Waals surface area contributed by atoms with Crippen LogP contribution in [-0.2, 0) is 0 Å². The van der Waals surface area contributed by atoms with E-state index in [9.17, 15) is 19.8 Å². The van der Waals surface area contributed by atoms with Gasteiger partial charge in [0, 0.05) is 19.0 Å². The van der Waals surface area contributed by atoms with Crippen molar-refractivity contribution in [1.82, 2.24) is 5.32 Å². The molecule has 5 N–H and O–H groups in total. The van der Waals surface area contributed by atoms with Crippen molar-refractivity contribution in [2.45, 2.75) is 12.3 Å². The highest BCUT2D eigenvalue weighted by Gasteiger charge is 2.29. The third kappa shape index (κ3) is 4.10. The Morgan fingerprint density at radius 3 is 2.04 bits per heavy atom. The van der Waals surface area contributed by atoms with Crippen molar-refractivity contribution in [2.24, 2.45) is 5.73 Å². The number of hydrogen-bond donors (Lipinski definition) is 4. The zero-order valence-electron chi connectivity index (χ0n) is 11.6. The summed E-state index contributed by atoms with van der Waals surface area (Å²) in [6.07, 6.45) is -0.113. The molecule has 0 radical (unpaired) electrons. The molecule has 1 aromatic carbocycles. The van der Waals surface area contributed by atoms with Crippen molar-refractivity contribution in [1.29, 1.82) is 0 Å². The first kappa shape index (κ1) is 20.0. The first-order chi connectivity index (χ1) is 10.7. The van der Waals surface area contributed by atoms with E-state index in [1.54, 1.807) is 0 Å². The number of amides is 2. The first-order valence-corrected chi connectivity index (χ1v) is 8.47. The molecule has 0 aliphatic carbocycles. The Balaban J connectivity index is 3.69. The number of hydrogen-bond acceptors (Lipinski definition) is 4. The van der Waals surface area contributed by atoms with Gasteiger partial charge in [0.2, 0.25) is 5.91 Å². The summed E-state index contributed by atoms with van der Waals surface area (Å²) in [5.74, 6) is -1.53. The number of primary amides is 1. The molecule has 0 aromatic heterocycles. The van der Waals surface area contributed by atoms with E-state index in [1.165, 1.54) is 6.08 Å². The van der Waals surface area contributed by atoms with Gasteiger partial charge in [0.15, 0.2) is 0 Å². The fourth-order valence-corrected chi connectivity index (χ4v) is 4.05. The van der Waals surface area contributed by atoms with E-state index in [0.29, 0.717) is 0 Å². The topological polar surface area (TPSA) is 113 Å². The third-order valence-corrected chi connectivity index (χ3v) is 5.79. The number of nitrogens with one attached hydrogen (secondary N) is 1. The highest BCUT2D eigenvalue weighted by atomic mass is 79.9. The molecule has 0 fully saturated rings. The normalized spacial score (nSPS) is 13.1. The van der Waals surface area contributed by atoms with Crippen LogP contribution in [0.3, 0.4) is 0 Å². The van der Waals surface area contributed by atoms with Crippen LogP contribution in [0.1, 0.15) is 32.4 Å². The van der Waals surface area contributed by atoms with Crippen LogP contribution in [0.4, 0.5) is 0 Å². The summed E-state index contributed by atoms with van der Waals surface area (Å²) >= 11 is 9.63. The van der Waals surface area contributed by atoms with Crippen molar-refractivity contribution in [3.8, 4) is 0 Å². The molecule has 9 heteroatoms. The molecule has 0 aliphatic heterocycles. The number of benzene rings is 1. The molecule has 2 atom stereocenters. The van der Waals surface area contributed by atoms with E-state index < -0.39 is 24.1 Å². The maximum Gasteiger partial charge on any atom is 0.255 e. The second-order valence-electron chi connectivity index (χ2n) is 4.30. The number of aliphatic hydroxyl groups is 2. The molecular formula is C14H13Br3N2O4. The SMILES string of the molecule is C=CC(O)NC(=O)c1c(Br)c(Br)c(C(O)C=C)c(C(N)=O)c1Br. The van der Waals surface area contributed by atoms with Crippen molar-refractivity contribution in [3.63, 3.8) is 0 Å². The van der Waals surface area contributed by atoms with Crippen LogP contribution < -0.4 is 11.1 Å². The molecule has 124 valence electrons. The molecule has 0 aliphatic rings. The minimum Gasteiger partial charge on any atom is -0.384 e. The zero-order chi connectivity index (χ0) is 17.9. The van der Waals surface area contributed by atoms with Crippen molar-refractivity contribution in [3.05, 3.63) is 55.4 Å². The van der Waals surface area contributed by atoms with Crippen LogP contribution in [0.2, 0.25) is 0 Å². The standard InChI is InChI=1S/C14H13Br3N2O4/c1-3-5(20)7-8(13(18)22)10(15)9(12(17)11(7)16)14(23)19-6(21)4-2/h3-6,20-21H,1-2H2,(H2,18,22)(H,19,23). The van der Waals surface area contributed by atoms with Gasteiger partial charge in [-0.1, -0.05) is 12.7 Å². The van der Waals surface area contributed by atoms with E-state index in [1.807, 2.05) is 0 Å². The van der Waals surface area contributed by atoms with Crippen LogP contribution in [0.25, 0.3) is 0 Å². The molecule has 0 spiro atoms. The molecule has 1 aromatic rings. The Hall–Kier alpha value is -1.00. The molecular weight excluding hydrogens is 500 g/mol. The van der Waals surface area contributed by atoms with Gasteiger partial charge in [-0.25, -0.2) is 0 Å². The zero-order valence-corrected chi connectivity index (χ0v) is 16.4. The maximum absolute atomic E-state index is 12.3. The molecule has 1 rings (SSSR count). The van der Waals surface area contributed by atoms with Crippen LogP contribution >= 0.6 is 47.8 Å². The number of halogens is 3. The van der Waals surface area contributed by atoms with Crippen LogP contribution in [0.5, 0.6) is 0 Å². The molecule has 0 saturated heterocycles. The van der Waals surface area contributed by atoms with E-state index in [4.69, 9.17) is 5.73 Å². The van der Waals surface area contributed by atoms with E-state index in [0.717, 1.165) is 6.08 Å². The Labute approximate surface area is 157 Å². The van der Waals surface area contributed by atoms with Gasteiger partial charge >= 0.3 is 0 Å². The molecule has 0 bridgehead atoms. The molecule has 0 saturated carbocycles. The maximum atomic E-state index is 12.3. The van der Waals surface area contributed by atoms with Crippen LogP contribution in [0.15, 0.2) is 38.7 Å². The number of carbonyl (C=O) groups excluding carboxylic acids is 2. The first-order valence-electron chi connectivity index (χ1n) is 6.09. The van der Waals surface area contributed by atoms with E-state index >= 15 is 0 Å². The smallest absolute Gasteiger partial charge is 0.255 e. The third-order valence-electron chi connectivity index (χ3n) is 2.85. The summed E-state index contributed by atoms with van der Waals surface area (Å²) in [7, 11) is 0. The van der Waals surface area contributed by atoms with Crippen LogP contribution in [-0.4, -0.2) is 28.3 Å². The monoisotopic (exact) mass is 510 g/mol. The second kappa shape index (κ2) is 8.20. The summed E-state index contributed by atoms with van der Waals surface area (Å²) < 4.78 is 0.601. The van der Waals surface area contributed by atoms with Gasteiger partial charge in [-0.3, -0.25) is 9.59 Å². The summed E-state index contributed by atoms with van der Waals surface area (Å²) in [6, 6.07) is 0. The van der Waals surface area contributed by atoms with E-state index in [2.05, 4.69) is 66.3 Å². The Kier molecular flexibility index (Phi) is 7.15. The lowest BCUT2D eigenvalue weighted by molar-refractivity contribution is 0.0853.